The number of hydrogen-bond donors (Lipinski definition) is 2. The topological polar surface area (TPSA) is 93.0 Å². The number of benzene rings is 2. The molecule has 3 aromatic rings. The Hall–Kier alpha value is -2.46. The molecule has 0 unspecified atom stereocenters. The summed E-state index contributed by atoms with van der Waals surface area (Å²) in [5, 5.41) is 18.1. The van der Waals surface area contributed by atoms with E-state index < -0.39 is 4.92 Å². The van der Waals surface area contributed by atoms with Gasteiger partial charge in [0.05, 0.1) is 4.92 Å². The number of nitrogens with one attached hydrogen (secondary N) is 2. The van der Waals surface area contributed by atoms with E-state index in [0.717, 1.165) is 9.13 Å². The molecule has 2 aromatic carbocycles. The van der Waals surface area contributed by atoms with Crippen molar-refractivity contribution in [3.63, 3.8) is 0 Å². The molecular weight excluding hydrogens is 469 g/mol. The molecule has 0 bridgehead atoms. The van der Waals surface area contributed by atoms with Crippen LogP contribution >= 0.6 is 34.2 Å². The lowest BCUT2D eigenvalue weighted by Gasteiger charge is -2.11. The normalized spacial score (nSPS) is 10.4. The van der Waals surface area contributed by atoms with E-state index in [9.17, 15) is 10.1 Å². The Kier molecular flexibility index (Phi) is 5.52. The Morgan fingerprint density at radius 1 is 1.04 bits per heavy atom. The molecule has 0 atom stereocenters. The minimum Gasteiger partial charge on any atom is -0.334 e. The van der Waals surface area contributed by atoms with Gasteiger partial charge >= 0.3 is 5.69 Å². The zero-order chi connectivity index (χ0) is 18.7. The molecule has 7 nitrogen and oxygen atoms in total. The first-order chi connectivity index (χ1) is 12.4. The lowest BCUT2D eigenvalue weighted by Crippen LogP contribution is -2.05. The molecule has 0 aliphatic rings. The first-order valence-electron chi connectivity index (χ1n) is 7.49. The van der Waals surface area contributed by atoms with Gasteiger partial charge in [-0.05, 0) is 71.5 Å². The summed E-state index contributed by atoms with van der Waals surface area (Å²) in [6, 6.07) is 12.7. The van der Waals surface area contributed by atoms with E-state index in [-0.39, 0.29) is 17.3 Å². The van der Waals surface area contributed by atoms with Gasteiger partial charge in [-0.25, -0.2) is 9.97 Å². The Labute approximate surface area is 168 Å². The second-order valence-electron chi connectivity index (χ2n) is 5.40. The smallest absolute Gasteiger partial charge is 0.334 e. The molecule has 9 heteroatoms. The highest BCUT2D eigenvalue weighted by atomic mass is 127. The zero-order valence-corrected chi connectivity index (χ0v) is 16.4. The molecule has 0 saturated heterocycles. The average molecular weight is 482 g/mol. The fourth-order valence-electron chi connectivity index (χ4n) is 2.21. The van der Waals surface area contributed by atoms with E-state index in [1.165, 1.54) is 6.33 Å². The van der Waals surface area contributed by atoms with Crippen LogP contribution in [0.3, 0.4) is 0 Å². The molecule has 0 fully saturated rings. The standard InChI is InChI=1S/C17H13ClIN5O2/c1-10-2-5-13(8-14(10)18)23-17-15(24(25)26)16(20-9-21-17)22-12-6-3-11(19)4-7-12/h2-9H,1H3,(H2,20,21,22,23). The van der Waals surface area contributed by atoms with Crippen LogP contribution in [0, 0.1) is 20.6 Å². The van der Waals surface area contributed by atoms with Gasteiger partial charge in [-0.2, -0.15) is 0 Å². The lowest BCUT2D eigenvalue weighted by molar-refractivity contribution is -0.383. The van der Waals surface area contributed by atoms with Gasteiger partial charge in [0.25, 0.3) is 0 Å². The van der Waals surface area contributed by atoms with Crippen molar-refractivity contribution in [3.05, 3.63) is 73.1 Å². The Morgan fingerprint density at radius 3 is 2.19 bits per heavy atom. The minimum atomic E-state index is -0.521. The Morgan fingerprint density at radius 2 is 1.62 bits per heavy atom. The van der Waals surface area contributed by atoms with Crippen molar-refractivity contribution in [1.82, 2.24) is 9.97 Å². The van der Waals surface area contributed by atoms with Crippen molar-refractivity contribution in [2.75, 3.05) is 10.6 Å². The van der Waals surface area contributed by atoms with Gasteiger partial charge in [-0.3, -0.25) is 10.1 Å². The van der Waals surface area contributed by atoms with E-state index in [1.807, 2.05) is 37.3 Å². The molecule has 1 aromatic heterocycles. The van der Waals surface area contributed by atoms with Crippen LogP contribution in [0.5, 0.6) is 0 Å². The first-order valence-corrected chi connectivity index (χ1v) is 8.95. The quantitative estimate of drug-likeness (QED) is 0.286. The van der Waals surface area contributed by atoms with Crippen molar-refractivity contribution in [3.8, 4) is 0 Å². The van der Waals surface area contributed by atoms with Crippen molar-refractivity contribution in [2.24, 2.45) is 0 Å². The molecule has 132 valence electrons. The van der Waals surface area contributed by atoms with Crippen LogP contribution in [0.15, 0.2) is 48.8 Å². The van der Waals surface area contributed by atoms with Crippen molar-refractivity contribution >= 4 is 62.9 Å². The number of aromatic nitrogens is 2. The first kappa shape index (κ1) is 18.3. The largest absolute Gasteiger partial charge is 0.353 e. The van der Waals surface area contributed by atoms with Gasteiger partial charge in [0.15, 0.2) is 0 Å². The number of rotatable bonds is 5. The molecule has 0 radical (unpaired) electrons. The van der Waals surface area contributed by atoms with Crippen molar-refractivity contribution in [2.45, 2.75) is 6.92 Å². The second-order valence-corrected chi connectivity index (χ2v) is 7.05. The molecule has 1 heterocycles. The van der Waals surface area contributed by atoms with Gasteiger partial charge < -0.3 is 10.6 Å². The highest BCUT2D eigenvalue weighted by Gasteiger charge is 2.23. The summed E-state index contributed by atoms with van der Waals surface area (Å²) in [6.07, 6.45) is 1.26. The second kappa shape index (κ2) is 7.83. The fourth-order valence-corrected chi connectivity index (χ4v) is 2.75. The van der Waals surface area contributed by atoms with Crippen LogP contribution in [0.1, 0.15) is 5.56 Å². The molecule has 0 aliphatic heterocycles. The number of nitrogens with zero attached hydrogens (tertiary/aromatic N) is 3. The monoisotopic (exact) mass is 481 g/mol. The summed E-state index contributed by atoms with van der Waals surface area (Å²) in [5.74, 6) is 0.185. The molecule has 0 aliphatic carbocycles. The molecule has 2 N–H and O–H groups in total. The number of nitro groups is 1. The summed E-state index contributed by atoms with van der Waals surface area (Å²) >= 11 is 8.30. The van der Waals surface area contributed by atoms with Gasteiger partial charge in [0, 0.05) is 20.0 Å². The summed E-state index contributed by atoms with van der Waals surface area (Å²) in [4.78, 5) is 19.1. The Bertz CT molecular complexity index is 966. The summed E-state index contributed by atoms with van der Waals surface area (Å²) in [5.41, 5.74) is 1.96. The summed E-state index contributed by atoms with van der Waals surface area (Å²) in [6.45, 7) is 1.88. The highest BCUT2D eigenvalue weighted by molar-refractivity contribution is 14.1. The third-order valence-electron chi connectivity index (χ3n) is 3.55. The van der Waals surface area contributed by atoms with Crippen LogP contribution in [0.2, 0.25) is 5.02 Å². The molecule has 0 spiro atoms. The SMILES string of the molecule is Cc1ccc(Nc2ncnc(Nc3ccc(I)cc3)c2[N+](=O)[O-])cc1Cl. The van der Waals surface area contributed by atoms with E-state index in [2.05, 4.69) is 43.2 Å². The molecule has 3 rings (SSSR count). The van der Waals surface area contributed by atoms with Crippen LogP contribution in [-0.4, -0.2) is 14.9 Å². The molecule has 0 saturated carbocycles. The van der Waals surface area contributed by atoms with Crippen LogP contribution in [-0.2, 0) is 0 Å². The maximum absolute atomic E-state index is 11.6. The highest BCUT2D eigenvalue weighted by Crippen LogP contribution is 2.33. The number of halogens is 2. The Balaban J connectivity index is 1.96. The van der Waals surface area contributed by atoms with Crippen LogP contribution in [0.4, 0.5) is 28.7 Å². The van der Waals surface area contributed by atoms with Crippen molar-refractivity contribution in [1.29, 1.82) is 0 Å². The fraction of sp³-hybridized carbons (Fsp3) is 0.0588. The maximum Gasteiger partial charge on any atom is 0.353 e. The van der Waals surface area contributed by atoms with Gasteiger partial charge in [-0.1, -0.05) is 17.7 Å². The minimum absolute atomic E-state index is 0.0814. The van der Waals surface area contributed by atoms with Crippen LogP contribution in [0.25, 0.3) is 0 Å². The third-order valence-corrected chi connectivity index (χ3v) is 4.67. The third kappa shape index (κ3) is 4.20. The maximum atomic E-state index is 11.6. The summed E-state index contributed by atoms with van der Waals surface area (Å²) in [7, 11) is 0. The predicted octanol–water partition coefficient (Wildman–Crippen LogP) is 5.44. The lowest BCUT2D eigenvalue weighted by atomic mass is 10.2. The van der Waals surface area contributed by atoms with Crippen molar-refractivity contribution < 1.29 is 4.92 Å². The molecular formula is C17H13ClIN5O2. The van der Waals surface area contributed by atoms with Gasteiger partial charge in [0.2, 0.25) is 11.6 Å². The number of anilines is 4. The van der Waals surface area contributed by atoms with E-state index >= 15 is 0 Å². The van der Waals surface area contributed by atoms with Gasteiger partial charge in [-0.15, -0.1) is 0 Å². The van der Waals surface area contributed by atoms with Gasteiger partial charge in [0.1, 0.15) is 6.33 Å². The molecule has 26 heavy (non-hydrogen) atoms. The van der Waals surface area contributed by atoms with Crippen LogP contribution < -0.4 is 10.6 Å². The predicted molar refractivity (Wildman–Crippen MR) is 111 cm³/mol. The zero-order valence-electron chi connectivity index (χ0n) is 13.5. The number of aryl methyl sites for hydroxylation is 1. The average Bonchev–Trinajstić information content (AvgIpc) is 2.60. The molecule has 0 amide bonds. The van der Waals surface area contributed by atoms with E-state index in [4.69, 9.17) is 11.6 Å². The summed E-state index contributed by atoms with van der Waals surface area (Å²) < 4.78 is 1.06. The van der Waals surface area contributed by atoms with E-state index in [1.54, 1.807) is 12.1 Å². The van der Waals surface area contributed by atoms with E-state index in [0.29, 0.717) is 16.4 Å². The number of hydrogen-bond acceptors (Lipinski definition) is 6.